The molecule has 0 atom stereocenters. The summed E-state index contributed by atoms with van der Waals surface area (Å²) < 4.78 is 26.7. The van der Waals surface area contributed by atoms with E-state index in [1.54, 1.807) is 24.3 Å². The van der Waals surface area contributed by atoms with Crippen molar-refractivity contribution >= 4 is 15.7 Å². The normalized spacial score (nSPS) is 16.9. The minimum atomic E-state index is -3.30. The number of hydrogen-bond donors (Lipinski definition) is 3. The zero-order valence-electron chi connectivity index (χ0n) is 10.1. The number of hydrogen-bond acceptors (Lipinski definition) is 4. The van der Waals surface area contributed by atoms with Crippen LogP contribution >= 0.6 is 0 Å². The van der Waals surface area contributed by atoms with Gasteiger partial charge in [-0.15, -0.1) is 0 Å². The molecule has 2 rings (SSSR count). The quantitative estimate of drug-likeness (QED) is 0.713. The molecule has 0 aromatic heterocycles. The maximum absolute atomic E-state index is 12.0. The van der Waals surface area contributed by atoms with Crippen LogP contribution in [0.25, 0.3) is 0 Å². The van der Waals surface area contributed by atoms with Crippen molar-refractivity contribution in [2.45, 2.75) is 37.5 Å². The standard InChI is InChI=1S/C12H18N2O3S/c15-13-12-7-3-4-10(8-12)9-18(16,17)14-11-5-1-2-6-11/h3-4,7-8,11,13-15H,1-2,5-6,9H2. The number of rotatable bonds is 5. The van der Waals surface area contributed by atoms with Crippen molar-refractivity contribution in [1.82, 2.24) is 4.72 Å². The Bertz CT molecular complexity index is 496. The first-order valence-electron chi connectivity index (χ1n) is 6.08. The molecule has 0 radical (unpaired) electrons. The molecule has 1 fully saturated rings. The van der Waals surface area contributed by atoms with Gasteiger partial charge < -0.3 is 0 Å². The van der Waals surface area contributed by atoms with Crippen LogP contribution in [0.15, 0.2) is 24.3 Å². The molecule has 0 bridgehead atoms. The van der Waals surface area contributed by atoms with Crippen molar-refractivity contribution in [3.8, 4) is 0 Å². The summed E-state index contributed by atoms with van der Waals surface area (Å²) in [5.74, 6) is -0.0565. The zero-order chi connectivity index (χ0) is 13.0. The second-order valence-corrected chi connectivity index (χ2v) is 6.42. The van der Waals surface area contributed by atoms with E-state index in [1.165, 1.54) is 0 Å². The van der Waals surface area contributed by atoms with Crippen LogP contribution < -0.4 is 10.2 Å². The molecule has 1 aliphatic rings. The Morgan fingerprint density at radius 2 is 2.00 bits per heavy atom. The molecule has 0 spiro atoms. The Morgan fingerprint density at radius 1 is 1.28 bits per heavy atom. The Kier molecular flexibility index (Phi) is 4.21. The zero-order valence-corrected chi connectivity index (χ0v) is 10.9. The molecule has 1 aromatic carbocycles. The van der Waals surface area contributed by atoms with E-state index in [9.17, 15) is 8.42 Å². The fourth-order valence-electron chi connectivity index (χ4n) is 2.29. The van der Waals surface area contributed by atoms with E-state index in [0.29, 0.717) is 11.3 Å². The summed E-state index contributed by atoms with van der Waals surface area (Å²) in [6.07, 6.45) is 4.04. The van der Waals surface area contributed by atoms with Gasteiger partial charge in [0.05, 0.1) is 11.4 Å². The van der Waals surface area contributed by atoms with E-state index in [2.05, 4.69) is 4.72 Å². The first-order chi connectivity index (χ1) is 8.59. The highest BCUT2D eigenvalue weighted by atomic mass is 32.2. The molecule has 100 valence electrons. The van der Waals surface area contributed by atoms with Crippen LogP contribution in [0.2, 0.25) is 0 Å². The molecular weight excluding hydrogens is 252 g/mol. The molecule has 18 heavy (non-hydrogen) atoms. The van der Waals surface area contributed by atoms with Gasteiger partial charge in [0.2, 0.25) is 10.0 Å². The summed E-state index contributed by atoms with van der Waals surface area (Å²) in [6, 6.07) is 6.82. The van der Waals surface area contributed by atoms with Gasteiger partial charge in [0.25, 0.3) is 0 Å². The molecule has 6 heteroatoms. The monoisotopic (exact) mass is 270 g/mol. The third kappa shape index (κ3) is 3.69. The average Bonchev–Trinajstić information content (AvgIpc) is 2.80. The molecule has 5 nitrogen and oxygen atoms in total. The van der Waals surface area contributed by atoms with E-state index in [4.69, 9.17) is 5.21 Å². The van der Waals surface area contributed by atoms with Crippen molar-refractivity contribution in [2.24, 2.45) is 0 Å². The van der Waals surface area contributed by atoms with Gasteiger partial charge in [0, 0.05) is 6.04 Å². The molecule has 0 saturated heterocycles. The smallest absolute Gasteiger partial charge is 0.216 e. The van der Waals surface area contributed by atoms with Crippen molar-refractivity contribution in [2.75, 3.05) is 5.48 Å². The SMILES string of the molecule is O=S(=O)(Cc1cccc(NO)c1)NC1CCCC1. The van der Waals surface area contributed by atoms with Crippen molar-refractivity contribution < 1.29 is 13.6 Å². The van der Waals surface area contributed by atoms with E-state index < -0.39 is 10.0 Å². The first-order valence-corrected chi connectivity index (χ1v) is 7.73. The highest BCUT2D eigenvalue weighted by Gasteiger charge is 2.21. The first kappa shape index (κ1) is 13.3. The van der Waals surface area contributed by atoms with Crippen LogP contribution in [0.5, 0.6) is 0 Å². The van der Waals surface area contributed by atoms with Crippen molar-refractivity contribution in [3.05, 3.63) is 29.8 Å². The highest BCUT2D eigenvalue weighted by molar-refractivity contribution is 7.88. The van der Waals surface area contributed by atoms with Gasteiger partial charge >= 0.3 is 0 Å². The molecule has 0 heterocycles. The minimum Gasteiger partial charge on any atom is -0.291 e. The summed E-state index contributed by atoms with van der Waals surface area (Å²) in [5, 5.41) is 8.78. The maximum atomic E-state index is 12.0. The van der Waals surface area contributed by atoms with Crippen molar-refractivity contribution in [1.29, 1.82) is 0 Å². The van der Waals surface area contributed by atoms with Crippen LogP contribution in [0.3, 0.4) is 0 Å². The van der Waals surface area contributed by atoms with Gasteiger partial charge in [-0.1, -0.05) is 25.0 Å². The summed E-state index contributed by atoms with van der Waals surface area (Å²) in [4.78, 5) is 0. The average molecular weight is 270 g/mol. The summed E-state index contributed by atoms with van der Waals surface area (Å²) >= 11 is 0. The Balaban J connectivity index is 2.02. The fourth-order valence-corrected chi connectivity index (χ4v) is 3.73. The number of sulfonamides is 1. The lowest BCUT2D eigenvalue weighted by Crippen LogP contribution is -2.33. The van der Waals surface area contributed by atoms with Gasteiger partial charge in [-0.2, -0.15) is 0 Å². The van der Waals surface area contributed by atoms with E-state index >= 15 is 0 Å². The van der Waals surface area contributed by atoms with Gasteiger partial charge in [0.1, 0.15) is 0 Å². The van der Waals surface area contributed by atoms with Crippen LogP contribution in [0.4, 0.5) is 5.69 Å². The molecular formula is C12H18N2O3S. The van der Waals surface area contributed by atoms with Crippen molar-refractivity contribution in [3.63, 3.8) is 0 Å². The molecule has 0 aliphatic heterocycles. The Morgan fingerprint density at radius 3 is 2.67 bits per heavy atom. The molecule has 0 unspecified atom stereocenters. The molecule has 3 N–H and O–H groups in total. The summed E-state index contributed by atoms with van der Waals surface area (Å²) in [5.41, 5.74) is 3.15. The Hall–Kier alpha value is -1.11. The maximum Gasteiger partial charge on any atom is 0.216 e. The van der Waals surface area contributed by atoms with Crippen LogP contribution in [0, 0.1) is 0 Å². The third-order valence-corrected chi connectivity index (χ3v) is 4.52. The van der Waals surface area contributed by atoms with Crippen LogP contribution in [-0.4, -0.2) is 19.7 Å². The predicted molar refractivity (Wildman–Crippen MR) is 69.9 cm³/mol. The largest absolute Gasteiger partial charge is 0.291 e. The topological polar surface area (TPSA) is 78.4 Å². The van der Waals surface area contributed by atoms with Crippen LogP contribution in [0.1, 0.15) is 31.2 Å². The highest BCUT2D eigenvalue weighted by Crippen LogP contribution is 2.19. The van der Waals surface area contributed by atoms with Gasteiger partial charge in [0.15, 0.2) is 0 Å². The predicted octanol–water partition coefficient (Wildman–Crippen LogP) is 1.85. The number of anilines is 1. The van der Waals surface area contributed by atoms with E-state index in [1.807, 2.05) is 5.48 Å². The van der Waals surface area contributed by atoms with E-state index in [-0.39, 0.29) is 11.8 Å². The summed E-state index contributed by atoms with van der Waals surface area (Å²) in [7, 11) is -3.30. The number of nitrogens with one attached hydrogen (secondary N) is 2. The summed E-state index contributed by atoms with van der Waals surface area (Å²) in [6.45, 7) is 0. The van der Waals surface area contributed by atoms with Gasteiger partial charge in [-0.25, -0.2) is 13.1 Å². The third-order valence-electron chi connectivity index (χ3n) is 3.11. The minimum absolute atomic E-state index is 0.0565. The molecule has 1 aromatic rings. The number of benzene rings is 1. The lowest BCUT2D eigenvalue weighted by Gasteiger charge is -2.12. The van der Waals surface area contributed by atoms with Crippen LogP contribution in [-0.2, 0) is 15.8 Å². The van der Waals surface area contributed by atoms with E-state index in [0.717, 1.165) is 25.7 Å². The Labute approximate surface area is 107 Å². The fraction of sp³-hybridized carbons (Fsp3) is 0.500. The van der Waals surface area contributed by atoms with Gasteiger partial charge in [-0.05, 0) is 30.5 Å². The molecule has 0 amide bonds. The second kappa shape index (κ2) is 5.69. The second-order valence-electron chi connectivity index (χ2n) is 4.67. The molecule has 1 aliphatic carbocycles. The molecule has 1 saturated carbocycles. The van der Waals surface area contributed by atoms with Gasteiger partial charge in [-0.3, -0.25) is 10.7 Å². The lowest BCUT2D eigenvalue weighted by atomic mass is 10.2. The lowest BCUT2D eigenvalue weighted by molar-refractivity contribution is 0.389.